The van der Waals surface area contributed by atoms with Crippen molar-refractivity contribution >= 4 is 0 Å². The SMILES string of the molecule is CC(C)(N)CCN1CC2CCCC2C1. The lowest BCUT2D eigenvalue weighted by molar-refractivity contribution is 0.278. The minimum Gasteiger partial charge on any atom is -0.326 e. The average molecular weight is 196 g/mol. The molecule has 2 aliphatic rings. The summed E-state index contributed by atoms with van der Waals surface area (Å²) in [6.45, 7) is 8.16. The molecule has 0 aromatic rings. The molecule has 1 aliphatic heterocycles. The zero-order chi connectivity index (χ0) is 10.2. The van der Waals surface area contributed by atoms with Crippen molar-refractivity contribution in [2.24, 2.45) is 17.6 Å². The fraction of sp³-hybridized carbons (Fsp3) is 1.00. The maximum absolute atomic E-state index is 6.00. The van der Waals surface area contributed by atoms with Crippen LogP contribution < -0.4 is 5.73 Å². The van der Waals surface area contributed by atoms with Crippen molar-refractivity contribution in [2.45, 2.75) is 45.1 Å². The maximum atomic E-state index is 6.00. The monoisotopic (exact) mass is 196 g/mol. The molecule has 1 aliphatic carbocycles. The Kier molecular flexibility index (Phi) is 2.85. The van der Waals surface area contributed by atoms with Crippen molar-refractivity contribution in [3.63, 3.8) is 0 Å². The molecule has 2 heteroatoms. The van der Waals surface area contributed by atoms with E-state index in [1.807, 2.05) is 0 Å². The highest BCUT2D eigenvalue weighted by molar-refractivity contribution is 4.89. The quantitative estimate of drug-likeness (QED) is 0.746. The zero-order valence-electron chi connectivity index (χ0n) is 9.63. The van der Waals surface area contributed by atoms with Crippen molar-refractivity contribution in [3.05, 3.63) is 0 Å². The molecule has 0 radical (unpaired) electrons. The summed E-state index contributed by atoms with van der Waals surface area (Å²) in [4.78, 5) is 2.63. The van der Waals surface area contributed by atoms with Crippen molar-refractivity contribution in [2.75, 3.05) is 19.6 Å². The van der Waals surface area contributed by atoms with E-state index in [0.29, 0.717) is 0 Å². The lowest BCUT2D eigenvalue weighted by Gasteiger charge is -2.23. The summed E-state index contributed by atoms with van der Waals surface area (Å²) in [6.07, 6.45) is 5.57. The highest BCUT2D eigenvalue weighted by Crippen LogP contribution is 2.37. The van der Waals surface area contributed by atoms with Gasteiger partial charge in [0.1, 0.15) is 0 Å². The van der Waals surface area contributed by atoms with Crippen LogP contribution in [0.1, 0.15) is 39.5 Å². The molecule has 2 fully saturated rings. The molecule has 1 saturated carbocycles. The normalized spacial score (nSPS) is 33.6. The summed E-state index contributed by atoms with van der Waals surface area (Å²) in [6, 6.07) is 0. The summed E-state index contributed by atoms with van der Waals surface area (Å²) in [5.74, 6) is 2.05. The predicted molar refractivity (Wildman–Crippen MR) is 60.2 cm³/mol. The first kappa shape index (κ1) is 10.4. The van der Waals surface area contributed by atoms with Crippen molar-refractivity contribution in [1.82, 2.24) is 4.90 Å². The molecule has 2 rings (SSSR count). The van der Waals surface area contributed by atoms with Gasteiger partial charge < -0.3 is 10.6 Å². The predicted octanol–water partition coefficient (Wildman–Crippen LogP) is 1.85. The molecular weight excluding hydrogens is 172 g/mol. The van der Waals surface area contributed by atoms with Crippen molar-refractivity contribution < 1.29 is 0 Å². The highest BCUT2D eigenvalue weighted by atomic mass is 15.2. The van der Waals surface area contributed by atoms with Gasteiger partial charge in [0.2, 0.25) is 0 Å². The Bertz CT molecular complexity index is 183. The van der Waals surface area contributed by atoms with E-state index in [1.165, 1.54) is 38.9 Å². The third-order valence-electron chi connectivity index (χ3n) is 3.87. The van der Waals surface area contributed by atoms with Gasteiger partial charge in [0.15, 0.2) is 0 Å². The van der Waals surface area contributed by atoms with Gasteiger partial charge in [-0.25, -0.2) is 0 Å². The molecular formula is C12H24N2. The summed E-state index contributed by atoms with van der Waals surface area (Å²) < 4.78 is 0. The van der Waals surface area contributed by atoms with E-state index in [9.17, 15) is 0 Å². The van der Waals surface area contributed by atoms with Crippen LogP contribution in [-0.4, -0.2) is 30.1 Å². The number of fused-ring (bicyclic) bond motifs is 1. The van der Waals surface area contributed by atoms with E-state index >= 15 is 0 Å². The summed E-state index contributed by atoms with van der Waals surface area (Å²) in [5, 5.41) is 0. The third kappa shape index (κ3) is 2.48. The van der Waals surface area contributed by atoms with Crippen LogP contribution in [0.5, 0.6) is 0 Å². The number of nitrogens with zero attached hydrogens (tertiary/aromatic N) is 1. The van der Waals surface area contributed by atoms with Gasteiger partial charge >= 0.3 is 0 Å². The van der Waals surface area contributed by atoms with E-state index < -0.39 is 0 Å². The lowest BCUT2D eigenvalue weighted by atomic mass is 10.0. The largest absolute Gasteiger partial charge is 0.326 e. The Hall–Kier alpha value is -0.0800. The number of nitrogens with two attached hydrogens (primary N) is 1. The standard InChI is InChI=1S/C12H24N2/c1-12(2,13)6-7-14-8-10-4-3-5-11(10)9-14/h10-11H,3-9,13H2,1-2H3. The zero-order valence-corrected chi connectivity index (χ0v) is 9.63. The van der Waals surface area contributed by atoms with Crippen LogP contribution in [-0.2, 0) is 0 Å². The molecule has 2 atom stereocenters. The second-order valence-corrected chi connectivity index (χ2v) is 5.95. The van der Waals surface area contributed by atoms with Gasteiger partial charge in [0, 0.05) is 18.6 Å². The first-order chi connectivity index (χ1) is 6.54. The van der Waals surface area contributed by atoms with Crippen LogP contribution in [0.25, 0.3) is 0 Å². The Morgan fingerprint density at radius 1 is 1.21 bits per heavy atom. The first-order valence-electron chi connectivity index (χ1n) is 6.06. The lowest BCUT2D eigenvalue weighted by Crippen LogP contribution is -2.37. The summed E-state index contributed by atoms with van der Waals surface area (Å²) in [5.41, 5.74) is 6.01. The molecule has 2 nitrogen and oxygen atoms in total. The Morgan fingerprint density at radius 2 is 1.79 bits per heavy atom. The molecule has 0 spiro atoms. The molecule has 1 heterocycles. The van der Waals surface area contributed by atoms with Gasteiger partial charge in [-0.05, 0) is 51.5 Å². The Labute approximate surface area is 87.8 Å². The smallest absolute Gasteiger partial charge is 0.0109 e. The van der Waals surface area contributed by atoms with E-state index in [1.54, 1.807) is 0 Å². The fourth-order valence-corrected chi connectivity index (χ4v) is 2.96. The van der Waals surface area contributed by atoms with Gasteiger partial charge in [-0.3, -0.25) is 0 Å². The van der Waals surface area contributed by atoms with Crippen molar-refractivity contribution in [1.29, 1.82) is 0 Å². The number of likely N-dealkylation sites (tertiary alicyclic amines) is 1. The molecule has 14 heavy (non-hydrogen) atoms. The molecule has 1 saturated heterocycles. The molecule has 0 amide bonds. The summed E-state index contributed by atoms with van der Waals surface area (Å²) >= 11 is 0. The van der Waals surface area contributed by atoms with Crippen LogP contribution in [0.15, 0.2) is 0 Å². The highest BCUT2D eigenvalue weighted by Gasteiger charge is 2.35. The van der Waals surface area contributed by atoms with Gasteiger partial charge in [-0.2, -0.15) is 0 Å². The van der Waals surface area contributed by atoms with Crippen LogP contribution in [0.3, 0.4) is 0 Å². The van der Waals surface area contributed by atoms with E-state index in [0.717, 1.165) is 18.3 Å². The fourth-order valence-electron chi connectivity index (χ4n) is 2.96. The average Bonchev–Trinajstić information content (AvgIpc) is 2.56. The number of hydrogen-bond acceptors (Lipinski definition) is 2. The van der Waals surface area contributed by atoms with Crippen molar-refractivity contribution in [3.8, 4) is 0 Å². The molecule has 0 bridgehead atoms. The van der Waals surface area contributed by atoms with Gasteiger partial charge in [0.05, 0.1) is 0 Å². The van der Waals surface area contributed by atoms with Gasteiger partial charge in [-0.15, -0.1) is 0 Å². The molecule has 2 unspecified atom stereocenters. The minimum absolute atomic E-state index is 0.0116. The molecule has 0 aromatic carbocycles. The second kappa shape index (κ2) is 3.82. The summed E-state index contributed by atoms with van der Waals surface area (Å²) in [7, 11) is 0. The number of hydrogen-bond donors (Lipinski definition) is 1. The Balaban J connectivity index is 1.74. The van der Waals surface area contributed by atoms with Gasteiger partial charge in [-0.1, -0.05) is 6.42 Å². The Morgan fingerprint density at radius 3 is 2.29 bits per heavy atom. The second-order valence-electron chi connectivity index (χ2n) is 5.95. The van der Waals surface area contributed by atoms with Crippen LogP contribution >= 0.6 is 0 Å². The molecule has 82 valence electrons. The van der Waals surface area contributed by atoms with Crippen LogP contribution in [0.2, 0.25) is 0 Å². The number of rotatable bonds is 3. The van der Waals surface area contributed by atoms with E-state index in [2.05, 4.69) is 18.7 Å². The van der Waals surface area contributed by atoms with Crippen LogP contribution in [0.4, 0.5) is 0 Å². The van der Waals surface area contributed by atoms with E-state index in [4.69, 9.17) is 5.73 Å². The topological polar surface area (TPSA) is 29.3 Å². The molecule has 0 aromatic heterocycles. The third-order valence-corrected chi connectivity index (χ3v) is 3.87. The molecule has 2 N–H and O–H groups in total. The minimum atomic E-state index is 0.0116. The van der Waals surface area contributed by atoms with E-state index in [-0.39, 0.29) is 5.54 Å². The first-order valence-corrected chi connectivity index (χ1v) is 6.06. The van der Waals surface area contributed by atoms with Gasteiger partial charge in [0.25, 0.3) is 0 Å². The maximum Gasteiger partial charge on any atom is 0.0109 e. The van der Waals surface area contributed by atoms with Crippen LogP contribution in [0, 0.1) is 11.8 Å².